The fourth-order valence-electron chi connectivity index (χ4n) is 2.57. The molecule has 128 valence electrons. The van der Waals surface area contributed by atoms with Crippen LogP contribution in [0.25, 0.3) is 0 Å². The number of nitrogens with one attached hydrogen (secondary N) is 1. The number of amides is 1. The van der Waals surface area contributed by atoms with E-state index < -0.39 is 0 Å². The van der Waals surface area contributed by atoms with Gasteiger partial charge in [-0.25, -0.2) is 0 Å². The van der Waals surface area contributed by atoms with Crippen LogP contribution in [-0.4, -0.2) is 30.7 Å². The molecule has 0 aliphatic heterocycles. The Kier molecular flexibility index (Phi) is 6.75. The molecule has 0 saturated carbocycles. The van der Waals surface area contributed by atoms with Gasteiger partial charge < -0.3 is 14.6 Å². The average molecular weight is 328 g/mol. The van der Waals surface area contributed by atoms with Gasteiger partial charge in [-0.15, -0.1) is 0 Å². The van der Waals surface area contributed by atoms with E-state index in [0.29, 0.717) is 25.3 Å². The van der Waals surface area contributed by atoms with E-state index in [4.69, 9.17) is 4.74 Å². The number of carbonyl (C=O) groups excluding carboxylic acids is 1. The lowest BCUT2D eigenvalue weighted by Crippen LogP contribution is -2.30. The van der Waals surface area contributed by atoms with Crippen molar-refractivity contribution in [3.63, 3.8) is 0 Å². The first-order chi connectivity index (χ1) is 11.7. The van der Waals surface area contributed by atoms with Crippen LogP contribution in [0.3, 0.4) is 0 Å². The Morgan fingerprint density at radius 2 is 1.96 bits per heavy atom. The quantitative estimate of drug-likeness (QED) is 0.809. The van der Waals surface area contributed by atoms with Crippen LogP contribution in [-0.2, 0) is 11.3 Å². The molecule has 1 atom stereocenters. The second kappa shape index (κ2) is 9.03. The number of benzene rings is 1. The van der Waals surface area contributed by atoms with Gasteiger partial charge in [0.1, 0.15) is 0 Å². The number of hydrogen-bond donors (Lipinski definition) is 1. The monoisotopic (exact) mass is 328 g/mol. The Labute approximate surface area is 142 Å². The van der Waals surface area contributed by atoms with Crippen LogP contribution in [0, 0.1) is 0 Å². The molecule has 0 radical (unpaired) electrons. The summed E-state index contributed by atoms with van der Waals surface area (Å²) in [5.41, 5.74) is 1.55. The van der Waals surface area contributed by atoms with Gasteiger partial charge in [0.15, 0.2) is 0 Å². The summed E-state index contributed by atoms with van der Waals surface area (Å²) in [6, 6.07) is 13.1. The molecule has 2 aromatic rings. The molecule has 24 heavy (non-hydrogen) atoms. The number of carbonyl (C=O) groups is 1. The second-order valence-corrected chi connectivity index (χ2v) is 5.67. The minimum atomic E-state index is -0.171. The lowest BCUT2D eigenvalue weighted by molar-refractivity contribution is 0.0949. The van der Waals surface area contributed by atoms with Crippen molar-refractivity contribution in [3.05, 3.63) is 70.1 Å². The first-order valence-electron chi connectivity index (χ1n) is 8.18. The Bertz CT molecular complexity index is 710. The maximum Gasteiger partial charge on any atom is 0.252 e. The zero-order valence-corrected chi connectivity index (χ0v) is 14.2. The Morgan fingerprint density at radius 1 is 1.21 bits per heavy atom. The number of rotatable bonds is 8. The fraction of sp³-hybridized carbons (Fsp3) is 0.368. The minimum Gasteiger partial charge on any atom is -0.383 e. The van der Waals surface area contributed by atoms with E-state index in [0.717, 1.165) is 6.42 Å². The second-order valence-electron chi connectivity index (χ2n) is 5.67. The zero-order valence-electron chi connectivity index (χ0n) is 14.2. The lowest BCUT2D eigenvalue weighted by Gasteiger charge is -2.16. The van der Waals surface area contributed by atoms with Gasteiger partial charge in [0, 0.05) is 38.4 Å². The van der Waals surface area contributed by atoms with Crippen molar-refractivity contribution in [2.75, 3.05) is 20.3 Å². The van der Waals surface area contributed by atoms with Gasteiger partial charge in [-0.3, -0.25) is 9.59 Å². The van der Waals surface area contributed by atoms with Crippen molar-refractivity contribution in [1.29, 1.82) is 0 Å². The van der Waals surface area contributed by atoms with E-state index in [1.54, 1.807) is 19.4 Å². The first kappa shape index (κ1) is 17.9. The molecule has 5 nitrogen and oxygen atoms in total. The highest BCUT2D eigenvalue weighted by molar-refractivity contribution is 5.93. The van der Waals surface area contributed by atoms with Crippen LogP contribution in [0.2, 0.25) is 0 Å². The third kappa shape index (κ3) is 4.80. The first-order valence-corrected chi connectivity index (χ1v) is 8.18. The Balaban J connectivity index is 2.02. The molecule has 1 aromatic carbocycles. The molecule has 5 heteroatoms. The number of pyridine rings is 1. The van der Waals surface area contributed by atoms with Gasteiger partial charge in [-0.2, -0.15) is 0 Å². The van der Waals surface area contributed by atoms with Gasteiger partial charge in [0.05, 0.1) is 12.2 Å². The molecule has 1 N–H and O–H groups in total. The third-order valence-corrected chi connectivity index (χ3v) is 4.05. The zero-order chi connectivity index (χ0) is 17.4. The van der Waals surface area contributed by atoms with Crippen LogP contribution < -0.4 is 10.9 Å². The standard InChI is InChI=1S/C19H24N2O3/c1-3-15(16-7-5-4-6-8-16)13-20-19(23)17-9-10-18(22)21(14-17)11-12-24-2/h4-10,14-15H,3,11-13H2,1-2H3,(H,20,23). The van der Waals surface area contributed by atoms with Crippen LogP contribution in [0.5, 0.6) is 0 Å². The van der Waals surface area contributed by atoms with Crippen LogP contribution >= 0.6 is 0 Å². The van der Waals surface area contributed by atoms with E-state index >= 15 is 0 Å². The van der Waals surface area contributed by atoms with E-state index in [2.05, 4.69) is 24.4 Å². The highest BCUT2D eigenvalue weighted by atomic mass is 16.5. The molecule has 1 aromatic heterocycles. The highest BCUT2D eigenvalue weighted by Crippen LogP contribution is 2.18. The smallest absolute Gasteiger partial charge is 0.252 e. The predicted molar refractivity (Wildman–Crippen MR) is 94.4 cm³/mol. The van der Waals surface area contributed by atoms with Gasteiger partial charge in [0.2, 0.25) is 0 Å². The SMILES string of the molecule is CCC(CNC(=O)c1ccc(=O)n(CCOC)c1)c1ccccc1. The van der Waals surface area contributed by atoms with E-state index in [9.17, 15) is 9.59 Å². The van der Waals surface area contributed by atoms with Crippen LogP contribution in [0.15, 0.2) is 53.5 Å². The highest BCUT2D eigenvalue weighted by Gasteiger charge is 2.12. The molecular weight excluding hydrogens is 304 g/mol. The Hall–Kier alpha value is -2.40. The number of methoxy groups -OCH3 is 1. The number of hydrogen-bond acceptors (Lipinski definition) is 3. The van der Waals surface area contributed by atoms with E-state index in [-0.39, 0.29) is 17.4 Å². The molecule has 0 bridgehead atoms. The van der Waals surface area contributed by atoms with E-state index in [1.165, 1.54) is 16.2 Å². The van der Waals surface area contributed by atoms with Crippen molar-refractivity contribution in [2.45, 2.75) is 25.8 Å². The van der Waals surface area contributed by atoms with Crippen molar-refractivity contribution >= 4 is 5.91 Å². The van der Waals surface area contributed by atoms with Gasteiger partial charge in [-0.1, -0.05) is 37.3 Å². The van der Waals surface area contributed by atoms with Crippen molar-refractivity contribution in [2.24, 2.45) is 0 Å². The number of nitrogens with zero attached hydrogens (tertiary/aromatic N) is 1. The number of ether oxygens (including phenoxy) is 1. The molecule has 0 aliphatic rings. The maximum atomic E-state index is 12.4. The summed E-state index contributed by atoms with van der Waals surface area (Å²) >= 11 is 0. The molecule has 2 rings (SSSR count). The summed E-state index contributed by atoms with van der Waals surface area (Å²) in [4.78, 5) is 24.1. The largest absolute Gasteiger partial charge is 0.383 e. The van der Waals surface area contributed by atoms with Crippen molar-refractivity contribution < 1.29 is 9.53 Å². The summed E-state index contributed by atoms with van der Waals surface area (Å²) in [7, 11) is 1.58. The lowest BCUT2D eigenvalue weighted by atomic mass is 9.96. The number of aromatic nitrogens is 1. The van der Waals surface area contributed by atoms with Crippen molar-refractivity contribution in [1.82, 2.24) is 9.88 Å². The maximum absolute atomic E-state index is 12.4. The van der Waals surface area contributed by atoms with Crippen LogP contribution in [0.1, 0.15) is 35.2 Å². The van der Waals surface area contributed by atoms with Gasteiger partial charge in [0.25, 0.3) is 11.5 Å². The minimum absolute atomic E-state index is 0.140. The molecule has 1 unspecified atom stereocenters. The summed E-state index contributed by atoms with van der Waals surface area (Å²) < 4.78 is 6.48. The molecule has 1 amide bonds. The summed E-state index contributed by atoms with van der Waals surface area (Å²) in [5, 5.41) is 2.97. The molecule has 0 saturated heterocycles. The summed E-state index contributed by atoms with van der Waals surface area (Å²) in [6.45, 7) is 3.53. The molecule has 0 spiro atoms. The molecule has 0 fully saturated rings. The summed E-state index contributed by atoms with van der Waals surface area (Å²) in [5.74, 6) is 0.102. The molecular formula is C19H24N2O3. The fourth-order valence-corrected chi connectivity index (χ4v) is 2.57. The average Bonchev–Trinajstić information content (AvgIpc) is 2.62. The summed E-state index contributed by atoms with van der Waals surface area (Å²) in [6.07, 6.45) is 2.53. The topological polar surface area (TPSA) is 60.3 Å². The third-order valence-electron chi connectivity index (χ3n) is 4.05. The molecule has 1 heterocycles. The van der Waals surface area contributed by atoms with Gasteiger partial charge >= 0.3 is 0 Å². The van der Waals surface area contributed by atoms with Crippen molar-refractivity contribution in [3.8, 4) is 0 Å². The van der Waals surface area contributed by atoms with E-state index in [1.807, 2.05) is 18.2 Å². The molecule has 0 aliphatic carbocycles. The predicted octanol–water partition coefficient (Wildman–Crippen LogP) is 2.42. The Morgan fingerprint density at radius 3 is 2.62 bits per heavy atom. The van der Waals surface area contributed by atoms with Crippen LogP contribution in [0.4, 0.5) is 0 Å². The van der Waals surface area contributed by atoms with Gasteiger partial charge in [-0.05, 0) is 18.1 Å². The normalized spacial score (nSPS) is 11.9.